The van der Waals surface area contributed by atoms with E-state index in [0.29, 0.717) is 5.56 Å². The van der Waals surface area contributed by atoms with Gasteiger partial charge in [0.05, 0.1) is 0 Å². The number of rotatable bonds is 1. The summed E-state index contributed by atoms with van der Waals surface area (Å²) in [6, 6.07) is 8.99. The lowest BCUT2D eigenvalue weighted by Crippen LogP contribution is -1.74. The van der Waals surface area contributed by atoms with Gasteiger partial charge in [-0.2, -0.15) is 0 Å². The van der Waals surface area contributed by atoms with Crippen molar-refractivity contribution in [3.8, 4) is 0 Å². The fourth-order valence-electron chi connectivity index (χ4n) is 0.624. The predicted octanol–water partition coefficient (Wildman–Crippen LogP) is 2.09. The highest BCUT2D eigenvalue weighted by molar-refractivity contribution is 5.54. The molecule has 0 atom stereocenters. The summed E-state index contributed by atoms with van der Waals surface area (Å²) in [5.74, 6) is -0.129. The summed E-state index contributed by atoms with van der Waals surface area (Å²) in [5.41, 5.74) is 0.664. The Balaban J connectivity index is 2.98. The number of benzene rings is 1. The lowest BCUT2D eigenvalue weighted by molar-refractivity contribution is 0.390. The van der Waals surface area contributed by atoms with Crippen LogP contribution < -0.4 is 0 Å². The van der Waals surface area contributed by atoms with E-state index >= 15 is 0 Å². The van der Waals surface area contributed by atoms with Gasteiger partial charge in [0.1, 0.15) is 0 Å². The molecule has 0 fully saturated rings. The van der Waals surface area contributed by atoms with Crippen molar-refractivity contribution in [2.75, 3.05) is 0 Å². The molecule has 0 aromatic heterocycles. The molecule has 45 valence electrons. The summed E-state index contributed by atoms with van der Waals surface area (Å²) in [4.78, 5) is 0. The van der Waals surface area contributed by atoms with Crippen LogP contribution in [-0.2, 0) is 5.11 Å². The van der Waals surface area contributed by atoms with E-state index < -0.39 is 0 Å². The standard InChI is InChI=1S/C8H7O/c1-7(9)8-5-3-2-4-6-8/h2-6H,1H2. The Hall–Kier alpha value is -1.24. The van der Waals surface area contributed by atoms with E-state index in [1.807, 2.05) is 18.2 Å². The molecule has 0 N–H and O–H groups in total. The van der Waals surface area contributed by atoms with Crippen LogP contribution in [0.3, 0.4) is 0 Å². The first-order valence-electron chi connectivity index (χ1n) is 2.72. The van der Waals surface area contributed by atoms with Crippen LogP contribution >= 0.6 is 0 Å². The molecule has 0 spiro atoms. The van der Waals surface area contributed by atoms with Gasteiger partial charge in [-0.1, -0.05) is 36.9 Å². The number of hydrogen-bond acceptors (Lipinski definition) is 0. The van der Waals surface area contributed by atoms with Crippen LogP contribution in [0, 0.1) is 0 Å². The molecule has 9 heavy (non-hydrogen) atoms. The minimum Gasteiger partial charge on any atom is -0.290 e. The van der Waals surface area contributed by atoms with Gasteiger partial charge < -0.3 is 0 Å². The molecule has 0 saturated carbocycles. The van der Waals surface area contributed by atoms with Crippen LogP contribution in [0.4, 0.5) is 0 Å². The van der Waals surface area contributed by atoms with Gasteiger partial charge in [0.2, 0.25) is 0 Å². The summed E-state index contributed by atoms with van der Waals surface area (Å²) in [5, 5.41) is 10.5. The normalized spacial score (nSPS) is 8.89. The topological polar surface area (TPSA) is 19.9 Å². The van der Waals surface area contributed by atoms with E-state index in [2.05, 4.69) is 6.58 Å². The van der Waals surface area contributed by atoms with Crippen LogP contribution in [0.15, 0.2) is 36.9 Å². The maximum Gasteiger partial charge on any atom is 0.178 e. The van der Waals surface area contributed by atoms with Crippen molar-refractivity contribution in [1.29, 1.82) is 0 Å². The van der Waals surface area contributed by atoms with Gasteiger partial charge >= 0.3 is 0 Å². The lowest BCUT2D eigenvalue weighted by atomic mass is 10.2. The van der Waals surface area contributed by atoms with Crippen LogP contribution in [-0.4, -0.2) is 0 Å². The number of hydrogen-bond donors (Lipinski definition) is 0. The average Bonchev–Trinajstić information content (AvgIpc) is 1.90. The van der Waals surface area contributed by atoms with E-state index in [-0.39, 0.29) is 5.76 Å². The van der Waals surface area contributed by atoms with E-state index in [9.17, 15) is 5.11 Å². The molecule has 0 aliphatic carbocycles. The van der Waals surface area contributed by atoms with Crippen LogP contribution in [0.25, 0.3) is 5.76 Å². The molecule has 1 nitrogen and oxygen atoms in total. The van der Waals surface area contributed by atoms with Gasteiger partial charge in [0.15, 0.2) is 5.76 Å². The van der Waals surface area contributed by atoms with E-state index in [1.54, 1.807) is 12.1 Å². The predicted molar refractivity (Wildman–Crippen MR) is 36.2 cm³/mol. The monoisotopic (exact) mass is 119 g/mol. The first-order chi connectivity index (χ1) is 4.30. The highest BCUT2D eigenvalue weighted by Gasteiger charge is 1.92. The summed E-state index contributed by atoms with van der Waals surface area (Å²) >= 11 is 0. The third kappa shape index (κ3) is 1.32. The minimum absolute atomic E-state index is 0.129. The van der Waals surface area contributed by atoms with Gasteiger partial charge in [-0.3, -0.25) is 5.11 Å². The first kappa shape index (κ1) is 5.89. The quantitative estimate of drug-likeness (QED) is 0.504. The molecule has 0 heterocycles. The maximum absolute atomic E-state index is 10.5. The molecule has 1 aromatic rings. The Bertz CT molecular complexity index is 201. The molecule has 0 bridgehead atoms. The van der Waals surface area contributed by atoms with Crippen molar-refractivity contribution >= 4 is 5.76 Å². The second-order valence-electron chi connectivity index (χ2n) is 1.79. The minimum atomic E-state index is -0.129. The Labute approximate surface area is 54.3 Å². The van der Waals surface area contributed by atoms with Gasteiger partial charge in [-0.25, -0.2) is 0 Å². The molecule has 1 rings (SSSR count). The molecule has 1 aromatic carbocycles. The fourth-order valence-corrected chi connectivity index (χ4v) is 0.624. The van der Waals surface area contributed by atoms with Crippen LogP contribution in [0.1, 0.15) is 5.56 Å². The van der Waals surface area contributed by atoms with Crippen LogP contribution in [0.2, 0.25) is 0 Å². The third-order valence-corrected chi connectivity index (χ3v) is 1.10. The van der Waals surface area contributed by atoms with Crippen molar-refractivity contribution in [2.45, 2.75) is 0 Å². The Morgan fingerprint density at radius 1 is 1.22 bits per heavy atom. The molecule has 1 radical (unpaired) electrons. The van der Waals surface area contributed by atoms with Crippen molar-refractivity contribution in [2.24, 2.45) is 0 Å². The smallest absolute Gasteiger partial charge is 0.178 e. The summed E-state index contributed by atoms with van der Waals surface area (Å²) in [7, 11) is 0. The Kier molecular flexibility index (Phi) is 1.54. The van der Waals surface area contributed by atoms with Crippen molar-refractivity contribution in [1.82, 2.24) is 0 Å². The van der Waals surface area contributed by atoms with Crippen molar-refractivity contribution in [3.05, 3.63) is 42.5 Å². The summed E-state index contributed by atoms with van der Waals surface area (Å²) in [6.07, 6.45) is 0. The highest BCUT2D eigenvalue weighted by atomic mass is 16.3. The van der Waals surface area contributed by atoms with Crippen molar-refractivity contribution < 1.29 is 5.11 Å². The molecule has 0 aliphatic heterocycles. The molecular formula is C8H7O. The highest BCUT2D eigenvalue weighted by Crippen LogP contribution is 2.06. The van der Waals surface area contributed by atoms with Gasteiger partial charge in [-0.05, 0) is 0 Å². The maximum atomic E-state index is 10.5. The molecule has 0 aliphatic rings. The van der Waals surface area contributed by atoms with Gasteiger partial charge in [0, 0.05) is 5.56 Å². The molecule has 0 unspecified atom stereocenters. The Morgan fingerprint density at radius 3 is 2.11 bits per heavy atom. The second kappa shape index (κ2) is 2.35. The molecule has 1 heteroatoms. The zero-order chi connectivity index (χ0) is 6.69. The summed E-state index contributed by atoms with van der Waals surface area (Å²) < 4.78 is 0. The zero-order valence-corrected chi connectivity index (χ0v) is 5.00. The largest absolute Gasteiger partial charge is 0.290 e. The average molecular weight is 119 g/mol. The fraction of sp³-hybridized carbons (Fsp3) is 0. The van der Waals surface area contributed by atoms with Gasteiger partial charge in [0.25, 0.3) is 0 Å². The molecule has 0 saturated heterocycles. The summed E-state index contributed by atoms with van der Waals surface area (Å²) in [6.45, 7) is 3.27. The molecule has 0 amide bonds. The van der Waals surface area contributed by atoms with Crippen LogP contribution in [0.5, 0.6) is 0 Å². The van der Waals surface area contributed by atoms with E-state index in [0.717, 1.165) is 0 Å². The van der Waals surface area contributed by atoms with E-state index in [4.69, 9.17) is 0 Å². The zero-order valence-electron chi connectivity index (χ0n) is 5.00. The third-order valence-electron chi connectivity index (χ3n) is 1.10. The lowest BCUT2D eigenvalue weighted by Gasteiger charge is -1.90. The second-order valence-corrected chi connectivity index (χ2v) is 1.79. The SMILES string of the molecule is C=C([O])c1ccccc1. The van der Waals surface area contributed by atoms with Crippen molar-refractivity contribution in [3.63, 3.8) is 0 Å². The molecular weight excluding hydrogens is 112 g/mol. The first-order valence-corrected chi connectivity index (χ1v) is 2.72. The van der Waals surface area contributed by atoms with Gasteiger partial charge in [-0.15, -0.1) is 0 Å². The Morgan fingerprint density at radius 2 is 1.78 bits per heavy atom. The van der Waals surface area contributed by atoms with E-state index in [1.165, 1.54) is 0 Å².